The van der Waals surface area contributed by atoms with Crippen LogP contribution in [0.3, 0.4) is 0 Å². The normalized spacial score (nSPS) is 17.6. The zero-order valence-electron chi connectivity index (χ0n) is 19.1. The Bertz CT molecular complexity index is 1240. The third-order valence-electron chi connectivity index (χ3n) is 6.77. The van der Waals surface area contributed by atoms with Crippen molar-refractivity contribution in [3.63, 3.8) is 0 Å². The van der Waals surface area contributed by atoms with E-state index in [9.17, 15) is 8.42 Å². The molecule has 0 radical (unpaired) electrons. The van der Waals surface area contributed by atoms with Crippen molar-refractivity contribution in [2.45, 2.75) is 62.4 Å². The van der Waals surface area contributed by atoms with E-state index in [0.29, 0.717) is 10.8 Å². The van der Waals surface area contributed by atoms with Crippen molar-refractivity contribution < 1.29 is 8.42 Å². The van der Waals surface area contributed by atoms with Crippen LogP contribution >= 0.6 is 0 Å². The highest BCUT2D eigenvalue weighted by Crippen LogP contribution is 2.31. The fourth-order valence-corrected chi connectivity index (χ4v) is 5.54. The Morgan fingerprint density at radius 3 is 2.55 bits per heavy atom. The van der Waals surface area contributed by atoms with E-state index < -0.39 is 9.84 Å². The lowest BCUT2D eigenvalue weighted by Gasteiger charge is -2.29. The fraction of sp³-hybridized carbons (Fsp3) is 0.423. The van der Waals surface area contributed by atoms with Gasteiger partial charge in [0.2, 0.25) is 0 Å². The van der Waals surface area contributed by atoms with Gasteiger partial charge < -0.3 is 0 Å². The maximum Gasteiger partial charge on any atom is 0.175 e. The zero-order chi connectivity index (χ0) is 22.8. The lowest BCUT2D eigenvalue weighted by molar-refractivity contribution is 0.239. The minimum atomic E-state index is -3.20. The summed E-state index contributed by atoms with van der Waals surface area (Å²) < 4.78 is 23.4. The maximum atomic E-state index is 11.7. The van der Waals surface area contributed by atoms with E-state index in [0.717, 1.165) is 48.8 Å². The summed E-state index contributed by atoms with van der Waals surface area (Å²) in [7, 11) is -3.20. The Morgan fingerprint density at radius 2 is 1.79 bits per heavy atom. The lowest BCUT2D eigenvalue weighted by Crippen LogP contribution is -2.31. The first kappa shape index (κ1) is 22.2. The van der Waals surface area contributed by atoms with Gasteiger partial charge in [0, 0.05) is 61.2 Å². The average molecular weight is 463 g/mol. The highest BCUT2D eigenvalue weighted by molar-refractivity contribution is 7.90. The average Bonchev–Trinajstić information content (AvgIpc) is 2.84. The van der Waals surface area contributed by atoms with Crippen LogP contribution < -0.4 is 0 Å². The molecule has 3 heterocycles. The first-order valence-corrected chi connectivity index (χ1v) is 13.7. The van der Waals surface area contributed by atoms with Gasteiger partial charge in [-0.25, -0.2) is 18.4 Å². The molecule has 0 atom stereocenters. The predicted molar refractivity (Wildman–Crippen MR) is 128 cm³/mol. The van der Waals surface area contributed by atoms with Gasteiger partial charge in [-0.05, 0) is 37.1 Å². The fourth-order valence-electron chi connectivity index (χ4n) is 4.91. The number of rotatable bonds is 5. The summed E-state index contributed by atoms with van der Waals surface area (Å²) in [5.74, 6) is 1.60. The molecular formula is C26H30N4O2S. The van der Waals surface area contributed by atoms with Crippen molar-refractivity contribution in [2.75, 3.05) is 12.8 Å². The number of aromatic nitrogens is 3. The van der Waals surface area contributed by atoms with E-state index in [-0.39, 0.29) is 0 Å². The van der Waals surface area contributed by atoms with Gasteiger partial charge in [0.15, 0.2) is 9.84 Å². The topological polar surface area (TPSA) is 76.1 Å². The first-order chi connectivity index (χ1) is 16.0. The lowest BCUT2D eigenvalue weighted by atomic mass is 9.88. The van der Waals surface area contributed by atoms with Crippen molar-refractivity contribution >= 4 is 9.84 Å². The quantitative estimate of drug-likeness (QED) is 0.554. The highest BCUT2D eigenvalue weighted by Gasteiger charge is 2.23. The summed E-state index contributed by atoms with van der Waals surface area (Å²) in [6, 6.07) is 12.9. The molecule has 2 aliphatic rings. The molecule has 7 heteroatoms. The van der Waals surface area contributed by atoms with E-state index in [2.05, 4.69) is 4.90 Å². The van der Waals surface area contributed by atoms with Crippen molar-refractivity contribution in [1.82, 2.24) is 19.9 Å². The minimum absolute atomic E-state index is 0.322. The Hall–Kier alpha value is -2.64. The second-order valence-corrected chi connectivity index (χ2v) is 11.3. The van der Waals surface area contributed by atoms with Gasteiger partial charge in [-0.2, -0.15) is 0 Å². The minimum Gasteiger partial charge on any atom is -0.293 e. The van der Waals surface area contributed by atoms with Gasteiger partial charge in [0.05, 0.1) is 16.3 Å². The molecular weight excluding hydrogens is 432 g/mol. The summed E-state index contributed by atoms with van der Waals surface area (Å²) in [6.45, 7) is 2.57. The molecule has 1 aliphatic heterocycles. The van der Waals surface area contributed by atoms with Crippen LogP contribution in [0.4, 0.5) is 0 Å². The number of nitrogens with zero attached hydrogens (tertiary/aromatic N) is 4. The molecule has 1 fully saturated rings. The summed E-state index contributed by atoms with van der Waals surface area (Å²) in [5, 5.41) is 0. The number of pyridine rings is 1. The molecule has 1 aliphatic carbocycles. The molecule has 6 nitrogen and oxygen atoms in total. The van der Waals surface area contributed by atoms with Crippen LogP contribution in [-0.4, -0.2) is 41.1 Å². The zero-order valence-corrected chi connectivity index (χ0v) is 19.9. The summed E-state index contributed by atoms with van der Waals surface area (Å²) in [4.78, 5) is 17.3. The molecule has 5 rings (SSSR count). The van der Waals surface area contributed by atoms with Crippen LogP contribution in [0.1, 0.15) is 60.8 Å². The Kier molecular flexibility index (Phi) is 6.25. The molecule has 0 N–H and O–H groups in total. The van der Waals surface area contributed by atoms with E-state index in [1.165, 1.54) is 49.6 Å². The molecule has 33 heavy (non-hydrogen) atoms. The van der Waals surface area contributed by atoms with Gasteiger partial charge >= 0.3 is 0 Å². The van der Waals surface area contributed by atoms with Gasteiger partial charge in [-0.15, -0.1) is 0 Å². The monoisotopic (exact) mass is 462 g/mol. The molecule has 1 saturated carbocycles. The first-order valence-electron chi connectivity index (χ1n) is 11.8. The Balaban J connectivity index is 1.27. The van der Waals surface area contributed by atoms with Gasteiger partial charge in [0.1, 0.15) is 5.82 Å². The van der Waals surface area contributed by atoms with Crippen molar-refractivity contribution in [3.8, 4) is 11.3 Å². The van der Waals surface area contributed by atoms with Crippen LogP contribution in [0.25, 0.3) is 11.3 Å². The van der Waals surface area contributed by atoms with Crippen molar-refractivity contribution in [1.29, 1.82) is 0 Å². The second-order valence-electron chi connectivity index (χ2n) is 9.31. The van der Waals surface area contributed by atoms with E-state index in [1.54, 1.807) is 12.1 Å². The smallest absolute Gasteiger partial charge is 0.175 e. The number of sulfone groups is 1. The van der Waals surface area contributed by atoms with Crippen LogP contribution in [0.2, 0.25) is 0 Å². The van der Waals surface area contributed by atoms with Crippen LogP contribution in [-0.2, 0) is 29.3 Å². The molecule has 0 spiro atoms. The second kappa shape index (κ2) is 9.31. The number of benzene rings is 1. The summed E-state index contributed by atoms with van der Waals surface area (Å²) in [5.41, 5.74) is 5.22. The van der Waals surface area contributed by atoms with Gasteiger partial charge in [-0.3, -0.25) is 9.88 Å². The van der Waals surface area contributed by atoms with Crippen LogP contribution in [0, 0.1) is 0 Å². The van der Waals surface area contributed by atoms with Crippen molar-refractivity contribution in [3.05, 3.63) is 71.4 Å². The molecule has 0 bridgehead atoms. The standard InChI is InChI=1S/C26H30N4O2S/c1-33(31,32)23-12-10-19(11-13-23)24-9-5-8-22(28-24)18-30-15-14-25-21(17-30)16-27-26(29-25)20-6-3-2-4-7-20/h5,8-13,16,20H,2-4,6-7,14-15,17-18H2,1H3. The summed E-state index contributed by atoms with van der Waals surface area (Å²) >= 11 is 0. The van der Waals surface area contributed by atoms with Crippen LogP contribution in [0.15, 0.2) is 53.6 Å². The Labute approximate surface area is 196 Å². The van der Waals surface area contributed by atoms with Crippen LogP contribution in [0.5, 0.6) is 0 Å². The number of hydrogen-bond acceptors (Lipinski definition) is 6. The largest absolute Gasteiger partial charge is 0.293 e. The SMILES string of the molecule is CS(=O)(=O)c1ccc(-c2cccc(CN3CCc4nc(C5CCCCC5)ncc4C3)n2)cc1. The van der Waals surface area contributed by atoms with E-state index in [4.69, 9.17) is 15.0 Å². The molecule has 172 valence electrons. The molecule has 1 aromatic carbocycles. The third-order valence-corrected chi connectivity index (χ3v) is 7.90. The number of hydrogen-bond donors (Lipinski definition) is 0. The van der Waals surface area contributed by atoms with Gasteiger partial charge in [0.25, 0.3) is 0 Å². The Morgan fingerprint density at radius 1 is 1.00 bits per heavy atom. The third kappa shape index (κ3) is 5.14. The highest BCUT2D eigenvalue weighted by atomic mass is 32.2. The van der Waals surface area contributed by atoms with E-state index >= 15 is 0 Å². The number of fused-ring (bicyclic) bond motifs is 1. The molecule has 3 aromatic rings. The van der Waals surface area contributed by atoms with Crippen molar-refractivity contribution in [2.24, 2.45) is 0 Å². The maximum absolute atomic E-state index is 11.7. The van der Waals surface area contributed by atoms with Gasteiger partial charge in [-0.1, -0.05) is 37.5 Å². The molecule has 0 unspecified atom stereocenters. The molecule has 0 saturated heterocycles. The predicted octanol–water partition coefficient (Wildman–Crippen LogP) is 4.55. The molecule has 0 amide bonds. The summed E-state index contributed by atoms with van der Waals surface area (Å²) in [6.07, 6.45) is 10.6. The molecule has 2 aromatic heterocycles. The van der Waals surface area contributed by atoms with E-state index in [1.807, 2.05) is 36.5 Å².